The molecule has 1 heterocycles. The van der Waals surface area contributed by atoms with Crippen LogP contribution in [-0.2, 0) is 9.59 Å². The van der Waals surface area contributed by atoms with Crippen LogP contribution in [0.4, 0.5) is 0 Å². The molecule has 1 aliphatic rings. The van der Waals surface area contributed by atoms with E-state index in [0.717, 1.165) is 6.21 Å². The van der Waals surface area contributed by atoms with Crippen molar-refractivity contribution in [3.8, 4) is 0 Å². The number of amides is 2. The molecule has 62 valence electrons. The van der Waals surface area contributed by atoms with Crippen molar-refractivity contribution in [3.63, 3.8) is 0 Å². The van der Waals surface area contributed by atoms with Gasteiger partial charge in [-0.05, 0) is 11.6 Å². The third-order valence-corrected chi connectivity index (χ3v) is 1.44. The summed E-state index contributed by atoms with van der Waals surface area (Å²) < 4.78 is 0. The molecule has 4 nitrogen and oxygen atoms in total. The molecule has 0 atom stereocenters. The summed E-state index contributed by atoms with van der Waals surface area (Å²) in [6.07, 6.45) is 2.56. The van der Waals surface area contributed by atoms with E-state index in [1.807, 2.05) is 0 Å². The number of carbonyl (C=O) groups is 2. The Bertz CT molecular complexity index is 302. The van der Waals surface area contributed by atoms with Gasteiger partial charge in [-0.1, -0.05) is 6.58 Å². The first-order chi connectivity index (χ1) is 5.63. The van der Waals surface area contributed by atoms with Crippen LogP contribution < -0.4 is 5.32 Å². The lowest BCUT2D eigenvalue weighted by molar-refractivity contribution is -0.124. The highest BCUT2D eigenvalue weighted by Crippen LogP contribution is 2.10. The molecule has 0 aromatic heterocycles. The molecular weight excluding hydrogens is 156 g/mol. The number of imide groups is 1. The fourth-order valence-electron chi connectivity index (χ4n) is 0.886. The molecule has 1 fully saturated rings. The predicted octanol–water partition coefficient (Wildman–Crippen LogP) is 0.165. The molecule has 4 heteroatoms. The second-order valence-electron chi connectivity index (χ2n) is 2.44. The van der Waals surface area contributed by atoms with Crippen molar-refractivity contribution in [1.82, 2.24) is 5.32 Å². The molecule has 0 aromatic rings. The minimum Gasteiger partial charge on any atom is -0.308 e. The molecule has 0 saturated carbocycles. The Hall–Kier alpha value is -1.71. The first-order valence-corrected chi connectivity index (χ1v) is 3.37. The van der Waals surface area contributed by atoms with Crippen molar-refractivity contribution in [3.05, 3.63) is 23.8 Å². The highest BCUT2D eigenvalue weighted by atomic mass is 16.2. The van der Waals surface area contributed by atoms with E-state index in [1.165, 1.54) is 6.08 Å². The maximum absolute atomic E-state index is 10.9. The van der Waals surface area contributed by atoms with Crippen molar-refractivity contribution >= 4 is 18.0 Å². The number of hydrogen-bond acceptors (Lipinski definition) is 3. The fourth-order valence-corrected chi connectivity index (χ4v) is 0.886. The Balaban J connectivity index is 2.83. The molecule has 0 radical (unpaired) electrons. The van der Waals surface area contributed by atoms with Crippen LogP contribution in [0.5, 0.6) is 0 Å². The van der Waals surface area contributed by atoms with E-state index in [9.17, 15) is 9.59 Å². The molecule has 1 saturated heterocycles. The van der Waals surface area contributed by atoms with Crippen LogP contribution in [0.2, 0.25) is 0 Å². The van der Waals surface area contributed by atoms with Gasteiger partial charge in [0.2, 0.25) is 5.91 Å². The van der Waals surface area contributed by atoms with Gasteiger partial charge >= 0.3 is 0 Å². The molecule has 0 aromatic carbocycles. The number of allylic oxidation sites excluding steroid dienone is 2. The van der Waals surface area contributed by atoms with Crippen molar-refractivity contribution in [2.24, 2.45) is 0 Å². The molecule has 0 bridgehead atoms. The van der Waals surface area contributed by atoms with Crippen LogP contribution in [0.15, 0.2) is 23.8 Å². The van der Waals surface area contributed by atoms with E-state index in [2.05, 4.69) is 11.9 Å². The molecule has 2 amide bonds. The molecule has 0 aliphatic carbocycles. The lowest BCUT2D eigenvalue weighted by Gasteiger charge is -1.90. The summed E-state index contributed by atoms with van der Waals surface area (Å²) in [4.78, 5) is 21.6. The predicted molar refractivity (Wildman–Crippen MR) is 43.8 cm³/mol. The van der Waals surface area contributed by atoms with Gasteiger partial charge in [0.1, 0.15) is 0 Å². The van der Waals surface area contributed by atoms with Gasteiger partial charge in [0.25, 0.3) is 5.91 Å². The van der Waals surface area contributed by atoms with Gasteiger partial charge in [-0.15, -0.1) is 0 Å². The zero-order chi connectivity index (χ0) is 9.14. The summed E-state index contributed by atoms with van der Waals surface area (Å²) >= 11 is 0. The SMILES string of the molecule is C=C(C=N)C=C1CC(=O)NC1=O. The molecule has 0 unspecified atom stereocenters. The minimum atomic E-state index is -0.386. The van der Waals surface area contributed by atoms with Crippen LogP contribution in [0.3, 0.4) is 0 Å². The average Bonchev–Trinajstić information content (AvgIpc) is 2.30. The Morgan fingerprint density at radius 1 is 1.58 bits per heavy atom. The summed E-state index contributed by atoms with van der Waals surface area (Å²) in [5.41, 5.74) is 0.781. The van der Waals surface area contributed by atoms with Crippen LogP contribution in [0.1, 0.15) is 6.42 Å². The van der Waals surface area contributed by atoms with E-state index in [0.29, 0.717) is 11.1 Å². The van der Waals surface area contributed by atoms with Crippen LogP contribution in [0.25, 0.3) is 0 Å². The fraction of sp³-hybridized carbons (Fsp3) is 0.125. The highest BCUT2D eigenvalue weighted by Gasteiger charge is 2.23. The van der Waals surface area contributed by atoms with Crippen LogP contribution in [0, 0.1) is 5.41 Å². The van der Waals surface area contributed by atoms with Gasteiger partial charge in [-0.2, -0.15) is 0 Å². The minimum absolute atomic E-state index is 0.0890. The van der Waals surface area contributed by atoms with Gasteiger partial charge in [0.05, 0.1) is 6.42 Å². The zero-order valence-corrected chi connectivity index (χ0v) is 6.39. The van der Waals surface area contributed by atoms with E-state index in [1.54, 1.807) is 0 Å². The summed E-state index contributed by atoms with van der Waals surface area (Å²) in [6.45, 7) is 3.49. The maximum atomic E-state index is 10.9. The average molecular weight is 164 g/mol. The van der Waals surface area contributed by atoms with Crippen molar-refractivity contribution < 1.29 is 9.59 Å². The lowest BCUT2D eigenvalue weighted by atomic mass is 10.1. The van der Waals surface area contributed by atoms with Gasteiger partial charge < -0.3 is 5.41 Å². The van der Waals surface area contributed by atoms with Gasteiger partial charge in [-0.25, -0.2) is 0 Å². The van der Waals surface area contributed by atoms with E-state index >= 15 is 0 Å². The second-order valence-corrected chi connectivity index (χ2v) is 2.44. The number of rotatable bonds is 2. The molecule has 1 rings (SSSR count). The lowest BCUT2D eigenvalue weighted by Crippen LogP contribution is -2.19. The summed E-state index contributed by atoms with van der Waals surface area (Å²) in [5, 5.41) is 8.94. The Morgan fingerprint density at radius 2 is 2.25 bits per heavy atom. The van der Waals surface area contributed by atoms with E-state index in [4.69, 9.17) is 5.41 Å². The largest absolute Gasteiger partial charge is 0.308 e. The Labute approximate surface area is 69.5 Å². The molecule has 0 spiro atoms. The van der Waals surface area contributed by atoms with E-state index < -0.39 is 0 Å². The van der Waals surface area contributed by atoms with Crippen molar-refractivity contribution in [2.75, 3.05) is 0 Å². The monoisotopic (exact) mass is 164 g/mol. The molecule has 2 N–H and O–H groups in total. The first-order valence-electron chi connectivity index (χ1n) is 3.37. The maximum Gasteiger partial charge on any atom is 0.254 e. The quantitative estimate of drug-likeness (QED) is 0.347. The highest BCUT2D eigenvalue weighted by molar-refractivity contribution is 6.14. The van der Waals surface area contributed by atoms with Crippen molar-refractivity contribution in [2.45, 2.75) is 6.42 Å². The van der Waals surface area contributed by atoms with Crippen molar-refractivity contribution in [1.29, 1.82) is 5.41 Å². The molecular formula is C8H8N2O2. The zero-order valence-electron chi connectivity index (χ0n) is 6.39. The van der Waals surface area contributed by atoms with Gasteiger partial charge in [-0.3, -0.25) is 14.9 Å². The summed E-state index contributed by atoms with van der Waals surface area (Å²) in [5.74, 6) is -0.688. The first kappa shape index (κ1) is 8.39. The van der Waals surface area contributed by atoms with Crippen LogP contribution in [-0.4, -0.2) is 18.0 Å². The third kappa shape index (κ3) is 1.66. The molecule has 12 heavy (non-hydrogen) atoms. The summed E-state index contributed by atoms with van der Waals surface area (Å²) in [7, 11) is 0. The smallest absolute Gasteiger partial charge is 0.254 e. The number of hydrogen-bond donors (Lipinski definition) is 2. The number of nitrogens with one attached hydrogen (secondary N) is 2. The standard InChI is InChI=1S/C8H8N2O2/c1-5(4-9)2-6-3-7(11)10-8(6)12/h2,4,9H,1,3H2,(H,10,11,12). The van der Waals surface area contributed by atoms with Gasteiger partial charge in [0, 0.05) is 11.8 Å². The molecule has 1 aliphatic heterocycles. The Kier molecular flexibility index (Phi) is 2.19. The van der Waals surface area contributed by atoms with Gasteiger partial charge in [0.15, 0.2) is 0 Å². The van der Waals surface area contributed by atoms with Crippen LogP contribution >= 0.6 is 0 Å². The third-order valence-electron chi connectivity index (χ3n) is 1.44. The second kappa shape index (κ2) is 3.13. The summed E-state index contributed by atoms with van der Waals surface area (Å²) in [6, 6.07) is 0. The topological polar surface area (TPSA) is 70.0 Å². The number of carbonyl (C=O) groups excluding carboxylic acids is 2. The Morgan fingerprint density at radius 3 is 2.67 bits per heavy atom. The van der Waals surface area contributed by atoms with E-state index in [-0.39, 0.29) is 18.2 Å². The normalized spacial score (nSPS) is 19.5.